The first kappa shape index (κ1) is 15.8. The van der Waals surface area contributed by atoms with Gasteiger partial charge in [0.25, 0.3) is 0 Å². The van der Waals surface area contributed by atoms with Gasteiger partial charge in [-0.15, -0.1) is 11.3 Å². The molecule has 0 bridgehead atoms. The second-order valence-corrected chi connectivity index (χ2v) is 8.26. The highest BCUT2D eigenvalue weighted by molar-refractivity contribution is 7.84. The van der Waals surface area contributed by atoms with Gasteiger partial charge in [-0.2, -0.15) is 0 Å². The third-order valence-corrected chi connectivity index (χ3v) is 6.14. The van der Waals surface area contributed by atoms with Gasteiger partial charge in [-0.1, -0.05) is 12.1 Å². The van der Waals surface area contributed by atoms with Crippen LogP contribution in [-0.2, 0) is 36.6 Å². The zero-order valence-electron chi connectivity index (χ0n) is 12.9. The minimum Gasteiger partial charge on any atom is -0.312 e. The fraction of sp³-hybridized carbons (Fsp3) is 0.471. The summed E-state index contributed by atoms with van der Waals surface area (Å²) in [7, 11) is -0.894. The molecule has 1 aromatic carbocycles. The molecule has 0 saturated heterocycles. The molecule has 0 amide bonds. The van der Waals surface area contributed by atoms with E-state index in [4.69, 9.17) is 4.98 Å². The predicted octanol–water partition coefficient (Wildman–Crippen LogP) is 3.09. The number of nitrogens with zero attached hydrogens (tertiary/aromatic N) is 1. The molecular weight excluding hydrogens is 312 g/mol. The van der Waals surface area contributed by atoms with Crippen LogP contribution in [0.3, 0.4) is 0 Å². The highest BCUT2D eigenvalue weighted by Gasteiger charge is 2.14. The summed E-state index contributed by atoms with van der Waals surface area (Å²) in [6, 6.07) is 7.99. The number of fused-ring (bicyclic) bond motifs is 1. The minimum absolute atomic E-state index is 0.849. The van der Waals surface area contributed by atoms with Crippen LogP contribution in [0.1, 0.15) is 34.0 Å². The first-order chi connectivity index (χ1) is 10.7. The van der Waals surface area contributed by atoms with Gasteiger partial charge in [0.1, 0.15) is 0 Å². The summed E-state index contributed by atoms with van der Waals surface area (Å²) in [5.41, 5.74) is 2.59. The molecule has 0 spiro atoms. The van der Waals surface area contributed by atoms with Crippen LogP contribution < -0.4 is 5.32 Å². The summed E-state index contributed by atoms with van der Waals surface area (Å²) in [6.07, 6.45) is 7.74. The van der Waals surface area contributed by atoms with Crippen molar-refractivity contribution in [3.63, 3.8) is 0 Å². The van der Waals surface area contributed by atoms with Crippen LogP contribution in [0.5, 0.6) is 0 Å². The van der Waals surface area contributed by atoms with Crippen molar-refractivity contribution < 1.29 is 4.21 Å². The zero-order valence-corrected chi connectivity index (χ0v) is 14.6. The van der Waals surface area contributed by atoms with Crippen LogP contribution in [0.4, 0.5) is 0 Å². The van der Waals surface area contributed by atoms with Crippen molar-refractivity contribution in [2.24, 2.45) is 0 Å². The Balaban J connectivity index is 1.45. The monoisotopic (exact) mass is 334 g/mol. The quantitative estimate of drug-likeness (QED) is 0.826. The van der Waals surface area contributed by atoms with Gasteiger partial charge in [-0.3, -0.25) is 4.21 Å². The van der Waals surface area contributed by atoms with Crippen LogP contribution in [0.15, 0.2) is 29.2 Å². The van der Waals surface area contributed by atoms with Crippen molar-refractivity contribution in [2.45, 2.75) is 43.5 Å². The molecular formula is C17H22N2OS2. The number of nitrogens with one attached hydrogen (secondary N) is 1. The van der Waals surface area contributed by atoms with E-state index in [2.05, 4.69) is 5.32 Å². The van der Waals surface area contributed by atoms with E-state index in [0.717, 1.165) is 24.4 Å². The summed E-state index contributed by atoms with van der Waals surface area (Å²) in [4.78, 5) is 7.18. The predicted molar refractivity (Wildman–Crippen MR) is 92.9 cm³/mol. The number of hydrogen-bond acceptors (Lipinski definition) is 4. The summed E-state index contributed by atoms with van der Waals surface area (Å²) < 4.78 is 11.3. The van der Waals surface area contributed by atoms with Crippen molar-refractivity contribution in [1.82, 2.24) is 10.3 Å². The van der Waals surface area contributed by atoms with Gasteiger partial charge in [0, 0.05) is 46.3 Å². The van der Waals surface area contributed by atoms with E-state index in [-0.39, 0.29) is 0 Å². The summed E-state index contributed by atoms with van der Waals surface area (Å²) >= 11 is 1.90. The Morgan fingerprint density at radius 1 is 1.23 bits per heavy atom. The van der Waals surface area contributed by atoms with Gasteiger partial charge >= 0.3 is 0 Å². The number of thiazole rings is 1. The average Bonchev–Trinajstić information content (AvgIpc) is 2.95. The largest absolute Gasteiger partial charge is 0.312 e. The normalized spacial score (nSPS) is 15.5. The number of rotatable bonds is 6. The first-order valence-corrected chi connectivity index (χ1v) is 10.2. The van der Waals surface area contributed by atoms with E-state index in [0.29, 0.717) is 0 Å². The first-order valence-electron chi connectivity index (χ1n) is 7.83. The number of aryl methyl sites for hydroxylation is 2. The van der Waals surface area contributed by atoms with Gasteiger partial charge in [-0.25, -0.2) is 4.98 Å². The van der Waals surface area contributed by atoms with Crippen LogP contribution in [-0.4, -0.2) is 22.0 Å². The Kier molecular flexibility index (Phi) is 5.39. The van der Waals surface area contributed by atoms with Crippen LogP contribution >= 0.6 is 11.3 Å². The lowest BCUT2D eigenvalue weighted by Crippen LogP contribution is -2.16. The molecule has 118 valence electrons. The molecule has 1 aliphatic rings. The molecule has 1 heterocycles. The highest BCUT2D eigenvalue weighted by Crippen LogP contribution is 2.26. The van der Waals surface area contributed by atoms with Gasteiger partial charge < -0.3 is 5.32 Å². The Bertz CT molecular complexity index is 626. The second-order valence-electron chi connectivity index (χ2n) is 5.71. The Morgan fingerprint density at radius 2 is 2.00 bits per heavy atom. The van der Waals surface area contributed by atoms with Gasteiger partial charge in [-0.05, 0) is 43.4 Å². The molecule has 1 atom stereocenters. The second kappa shape index (κ2) is 7.49. The van der Waals surface area contributed by atoms with Crippen molar-refractivity contribution in [3.8, 4) is 0 Å². The molecule has 1 aromatic heterocycles. The number of benzene rings is 1. The van der Waals surface area contributed by atoms with E-state index in [1.807, 2.05) is 35.6 Å². The topological polar surface area (TPSA) is 42.0 Å². The number of aromatic nitrogens is 1. The van der Waals surface area contributed by atoms with Crippen LogP contribution in [0, 0.1) is 0 Å². The fourth-order valence-electron chi connectivity index (χ4n) is 2.74. The Labute approximate surface area is 138 Å². The lowest BCUT2D eigenvalue weighted by atomic mass is 10.0. The molecule has 3 rings (SSSR count). The van der Waals surface area contributed by atoms with Crippen molar-refractivity contribution in [1.29, 1.82) is 0 Å². The maximum absolute atomic E-state index is 11.3. The molecule has 0 unspecified atom stereocenters. The van der Waals surface area contributed by atoms with Crippen molar-refractivity contribution in [2.75, 3.05) is 12.8 Å². The summed E-state index contributed by atoms with van der Waals surface area (Å²) in [6.45, 7) is 1.80. The van der Waals surface area contributed by atoms with E-state index in [1.165, 1.54) is 46.8 Å². The van der Waals surface area contributed by atoms with Crippen molar-refractivity contribution in [3.05, 3.63) is 45.4 Å². The van der Waals surface area contributed by atoms with Crippen molar-refractivity contribution >= 4 is 22.1 Å². The summed E-state index contributed by atoms with van der Waals surface area (Å²) in [5.74, 6) is 0. The van der Waals surface area contributed by atoms with Crippen LogP contribution in [0.25, 0.3) is 0 Å². The van der Waals surface area contributed by atoms with Gasteiger partial charge in [0.05, 0.1) is 10.7 Å². The fourth-order valence-corrected chi connectivity index (χ4v) is 4.42. The van der Waals surface area contributed by atoms with Crippen LogP contribution in [0.2, 0.25) is 0 Å². The van der Waals surface area contributed by atoms with E-state index in [9.17, 15) is 4.21 Å². The molecule has 0 fully saturated rings. The summed E-state index contributed by atoms with van der Waals surface area (Å²) in [5, 5.41) is 4.74. The standard InChI is InChI=1S/C17H22N2OS2/c1-22(20)14-8-6-13(7-9-14)12-18-11-10-17-19-15-4-2-3-5-16(15)21-17/h6-9,18H,2-5,10-12H2,1H3/t22-/m1/s1. The van der Waals surface area contributed by atoms with E-state index >= 15 is 0 Å². The third kappa shape index (κ3) is 4.03. The lowest BCUT2D eigenvalue weighted by molar-refractivity contribution is 0.669. The molecule has 0 radical (unpaired) electrons. The van der Waals surface area contributed by atoms with Gasteiger partial charge in [0.2, 0.25) is 0 Å². The maximum atomic E-state index is 11.3. The molecule has 1 N–H and O–H groups in total. The molecule has 0 saturated carbocycles. The van der Waals surface area contributed by atoms with Gasteiger partial charge in [0.15, 0.2) is 0 Å². The SMILES string of the molecule is C[S@@](=O)c1ccc(CNCCc2nc3c(s2)CCCC3)cc1. The average molecular weight is 335 g/mol. The minimum atomic E-state index is -0.894. The third-order valence-electron chi connectivity index (χ3n) is 3.99. The number of hydrogen-bond donors (Lipinski definition) is 1. The molecule has 2 aromatic rings. The van der Waals surface area contributed by atoms with E-state index < -0.39 is 10.8 Å². The molecule has 3 nitrogen and oxygen atoms in total. The lowest BCUT2D eigenvalue weighted by Gasteiger charge is -2.06. The molecule has 22 heavy (non-hydrogen) atoms. The Hall–Kier alpha value is -1.04. The Morgan fingerprint density at radius 3 is 2.73 bits per heavy atom. The molecule has 5 heteroatoms. The highest BCUT2D eigenvalue weighted by atomic mass is 32.2. The maximum Gasteiger partial charge on any atom is 0.0943 e. The zero-order chi connectivity index (χ0) is 15.4. The molecule has 1 aliphatic carbocycles. The smallest absolute Gasteiger partial charge is 0.0943 e. The van der Waals surface area contributed by atoms with E-state index in [1.54, 1.807) is 6.26 Å². The molecule has 0 aliphatic heterocycles.